The summed E-state index contributed by atoms with van der Waals surface area (Å²) >= 11 is 0. The third kappa shape index (κ3) is 3.85. The van der Waals surface area contributed by atoms with Gasteiger partial charge in [0.2, 0.25) is 0 Å². The molecule has 98 valence electrons. The molecule has 2 rings (SSSR count). The van der Waals surface area contributed by atoms with Gasteiger partial charge in [0, 0.05) is 0 Å². The van der Waals surface area contributed by atoms with E-state index < -0.39 is 0 Å². The molecule has 2 aromatic carbocycles. The van der Waals surface area contributed by atoms with Crippen LogP contribution in [0, 0.1) is 0 Å². The van der Waals surface area contributed by atoms with Crippen LogP contribution in [0.15, 0.2) is 53.7 Å². The Balaban J connectivity index is 2.03. The Morgan fingerprint density at radius 3 is 2.11 bits per heavy atom. The van der Waals surface area contributed by atoms with Gasteiger partial charge in [-0.25, -0.2) is 0 Å². The van der Waals surface area contributed by atoms with Gasteiger partial charge in [-0.2, -0.15) is 0 Å². The SMILES string of the molecule is CCCc1ccc(Oc2ccc(C=NO)cc2)cc1. The predicted molar refractivity (Wildman–Crippen MR) is 76.3 cm³/mol. The molecule has 0 spiro atoms. The van der Waals surface area contributed by atoms with Gasteiger partial charge in [0.05, 0.1) is 6.21 Å². The van der Waals surface area contributed by atoms with Gasteiger partial charge in [0.25, 0.3) is 0 Å². The molecule has 0 atom stereocenters. The van der Waals surface area contributed by atoms with Gasteiger partial charge in [-0.1, -0.05) is 30.6 Å². The summed E-state index contributed by atoms with van der Waals surface area (Å²) in [6.07, 6.45) is 3.62. The fourth-order valence-electron chi connectivity index (χ4n) is 1.84. The van der Waals surface area contributed by atoms with E-state index >= 15 is 0 Å². The van der Waals surface area contributed by atoms with Crippen LogP contribution in [0.3, 0.4) is 0 Å². The van der Waals surface area contributed by atoms with Gasteiger partial charge in [0.15, 0.2) is 0 Å². The smallest absolute Gasteiger partial charge is 0.127 e. The lowest BCUT2D eigenvalue weighted by molar-refractivity contribution is 0.322. The van der Waals surface area contributed by atoms with Crippen LogP contribution in [0.2, 0.25) is 0 Å². The maximum Gasteiger partial charge on any atom is 0.127 e. The van der Waals surface area contributed by atoms with Crippen LogP contribution >= 0.6 is 0 Å². The van der Waals surface area contributed by atoms with Crippen LogP contribution in [0.25, 0.3) is 0 Å². The summed E-state index contributed by atoms with van der Waals surface area (Å²) in [4.78, 5) is 0. The topological polar surface area (TPSA) is 41.8 Å². The molecule has 0 unspecified atom stereocenters. The maximum atomic E-state index is 8.43. The molecule has 0 amide bonds. The molecule has 19 heavy (non-hydrogen) atoms. The first-order valence-electron chi connectivity index (χ1n) is 6.36. The molecule has 0 fully saturated rings. The van der Waals surface area contributed by atoms with E-state index in [0.29, 0.717) is 0 Å². The van der Waals surface area contributed by atoms with Gasteiger partial charge in [-0.05, 0) is 53.9 Å². The Bertz CT molecular complexity index is 530. The summed E-state index contributed by atoms with van der Waals surface area (Å²) in [7, 11) is 0. The van der Waals surface area contributed by atoms with E-state index in [1.807, 2.05) is 36.4 Å². The summed E-state index contributed by atoms with van der Waals surface area (Å²) in [5, 5.41) is 11.4. The fourth-order valence-corrected chi connectivity index (χ4v) is 1.84. The van der Waals surface area contributed by atoms with Crippen molar-refractivity contribution in [1.29, 1.82) is 0 Å². The quantitative estimate of drug-likeness (QED) is 0.493. The lowest BCUT2D eigenvalue weighted by Gasteiger charge is -2.06. The first kappa shape index (κ1) is 13.1. The summed E-state index contributed by atoms with van der Waals surface area (Å²) < 4.78 is 5.74. The molecule has 2 aromatic rings. The molecule has 3 nitrogen and oxygen atoms in total. The molecule has 1 N–H and O–H groups in total. The zero-order valence-electron chi connectivity index (χ0n) is 10.9. The van der Waals surface area contributed by atoms with Crippen molar-refractivity contribution in [1.82, 2.24) is 0 Å². The van der Waals surface area contributed by atoms with E-state index in [1.54, 1.807) is 0 Å². The summed E-state index contributed by atoms with van der Waals surface area (Å²) in [5.74, 6) is 1.58. The first-order valence-corrected chi connectivity index (χ1v) is 6.36. The van der Waals surface area contributed by atoms with Gasteiger partial charge >= 0.3 is 0 Å². The van der Waals surface area contributed by atoms with E-state index in [2.05, 4.69) is 24.2 Å². The van der Waals surface area contributed by atoms with Crippen molar-refractivity contribution >= 4 is 6.21 Å². The largest absolute Gasteiger partial charge is 0.457 e. The van der Waals surface area contributed by atoms with Crippen molar-refractivity contribution in [3.05, 3.63) is 59.7 Å². The number of oxime groups is 1. The Labute approximate surface area is 113 Å². The third-order valence-electron chi connectivity index (χ3n) is 2.78. The Hall–Kier alpha value is -2.29. The molecular formula is C16H17NO2. The standard InChI is InChI=1S/C16H17NO2/c1-2-3-13-4-8-15(9-5-13)19-16-10-6-14(7-11-16)12-17-18/h4-12,18H,2-3H2,1H3. The first-order chi connectivity index (χ1) is 9.31. The Morgan fingerprint density at radius 2 is 1.58 bits per heavy atom. The van der Waals surface area contributed by atoms with E-state index in [-0.39, 0.29) is 0 Å². The highest BCUT2D eigenvalue weighted by atomic mass is 16.5. The van der Waals surface area contributed by atoms with Gasteiger partial charge in [0.1, 0.15) is 11.5 Å². The van der Waals surface area contributed by atoms with E-state index in [9.17, 15) is 0 Å². The molecule has 0 aliphatic heterocycles. The van der Waals surface area contributed by atoms with E-state index in [1.165, 1.54) is 11.8 Å². The molecule has 0 aliphatic carbocycles. The number of rotatable bonds is 5. The van der Waals surface area contributed by atoms with Crippen molar-refractivity contribution < 1.29 is 9.94 Å². The normalized spacial score (nSPS) is 10.8. The van der Waals surface area contributed by atoms with Gasteiger partial charge < -0.3 is 9.94 Å². The minimum atomic E-state index is 0.762. The van der Waals surface area contributed by atoms with Crippen LogP contribution < -0.4 is 4.74 Å². The van der Waals surface area contributed by atoms with Crippen LogP contribution in [-0.2, 0) is 6.42 Å². The predicted octanol–water partition coefficient (Wildman–Crippen LogP) is 4.24. The zero-order valence-corrected chi connectivity index (χ0v) is 10.9. The Morgan fingerprint density at radius 1 is 1.00 bits per heavy atom. The molecular weight excluding hydrogens is 238 g/mol. The maximum absolute atomic E-state index is 8.43. The highest BCUT2D eigenvalue weighted by Gasteiger charge is 1.98. The van der Waals surface area contributed by atoms with Crippen LogP contribution in [0.5, 0.6) is 11.5 Å². The third-order valence-corrected chi connectivity index (χ3v) is 2.78. The summed E-state index contributed by atoms with van der Waals surface area (Å²) in [6.45, 7) is 2.17. The minimum absolute atomic E-state index is 0.762. The molecule has 0 saturated carbocycles. The second-order valence-electron chi connectivity index (χ2n) is 4.31. The van der Waals surface area contributed by atoms with Crippen LogP contribution in [-0.4, -0.2) is 11.4 Å². The molecule has 0 radical (unpaired) electrons. The molecule has 0 bridgehead atoms. The number of hydrogen-bond acceptors (Lipinski definition) is 3. The van der Waals surface area contributed by atoms with Crippen molar-refractivity contribution in [3.63, 3.8) is 0 Å². The highest BCUT2D eigenvalue weighted by molar-refractivity contribution is 5.79. The second kappa shape index (κ2) is 6.59. The Kier molecular flexibility index (Phi) is 4.56. The van der Waals surface area contributed by atoms with Crippen molar-refractivity contribution in [3.8, 4) is 11.5 Å². The number of benzene rings is 2. The fraction of sp³-hybridized carbons (Fsp3) is 0.188. The average molecular weight is 255 g/mol. The molecule has 0 aliphatic rings. The molecule has 0 heterocycles. The lowest BCUT2D eigenvalue weighted by Crippen LogP contribution is -1.87. The zero-order chi connectivity index (χ0) is 13.5. The van der Waals surface area contributed by atoms with Crippen LogP contribution in [0.4, 0.5) is 0 Å². The number of nitrogens with zero attached hydrogens (tertiary/aromatic N) is 1. The molecule has 0 saturated heterocycles. The highest BCUT2D eigenvalue weighted by Crippen LogP contribution is 2.22. The molecule has 3 heteroatoms. The lowest BCUT2D eigenvalue weighted by atomic mass is 10.1. The summed E-state index contributed by atoms with van der Waals surface area (Å²) in [6, 6.07) is 15.5. The van der Waals surface area contributed by atoms with E-state index in [0.717, 1.165) is 29.9 Å². The second-order valence-corrected chi connectivity index (χ2v) is 4.31. The summed E-state index contributed by atoms with van der Waals surface area (Å²) in [5.41, 5.74) is 2.15. The van der Waals surface area contributed by atoms with E-state index in [4.69, 9.17) is 9.94 Å². The van der Waals surface area contributed by atoms with Gasteiger partial charge in [-0.15, -0.1) is 0 Å². The van der Waals surface area contributed by atoms with Gasteiger partial charge in [-0.3, -0.25) is 0 Å². The number of ether oxygens (including phenoxy) is 1. The number of hydrogen-bond donors (Lipinski definition) is 1. The van der Waals surface area contributed by atoms with Crippen molar-refractivity contribution in [2.45, 2.75) is 19.8 Å². The molecule has 0 aromatic heterocycles. The number of aryl methyl sites for hydroxylation is 1. The van der Waals surface area contributed by atoms with Crippen LogP contribution in [0.1, 0.15) is 24.5 Å². The van der Waals surface area contributed by atoms with Crippen molar-refractivity contribution in [2.24, 2.45) is 5.16 Å². The minimum Gasteiger partial charge on any atom is -0.457 e. The monoisotopic (exact) mass is 255 g/mol. The average Bonchev–Trinajstić information content (AvgIpc) is 2.44. The van der Waals surface area contributed by atoms with Crippen molar-refractivity contribution in [2.75, 3.05) is 0 Å².